The number of nitrogens with zero attached hydrogens (tertiary/aromatic N) is 1. The molecule has 0 radical (unpaired) electrons. The van der Waals surface area contributed by atoms with Gasteiger partial charge in [-0.15, -0.1) is 11.8 Å². The Labute approximate surface area is 186 Å². The molecule has 3 aromatic carbocycles. The van der Waals surface area contributed by atoms with Crippen LogP contribution in [-0.2, 0) is 10.0 Å². The minimum absolute atomic E-state index is 0.145. The van der Waals surface area contributed by atoms with Gasteiger partial charge in [0, 0.05) is 34.8 Å². The Morgan fingerprint density at radius 2 is 1.60 bits per heavy atom. The second kappa shape index (κ2) is 10.0. The molecule has 8 heteroatoms. The molecule has 0 aliphatic rings. The second-order valence-electron chi connectivity index (χ2n) is 6.39. The lowest BCUT2D eigenvalue weighted by molar-refractivity contribution is 0.0956. The maximum Gasteiger partial charge on any atom is 0.264 e. The first-order valence-electron chi connectivity index (χ1n) is 9.18. The number of anilines is 1. The van der Waals surface area contributed by atoms with Crippen LogP contribution in [0.4, 0.5) is 5.69 Å². The summed E-state index contributed by atoms with van der Waals surface area (Å²) in [4.78, 5) is 13.6. The number of rotatable bonds is 8. The normalized spacial score (nSPS) is 11.1. The lowest BCUT2D eigenvalue weighted by Crippen LogP contribution is -2.27. The molecular formula is C22H21ClN2O3S2. The summed E-state index contributed by atoms with van der Waals surface area (Å²) in [6.07, 6.45) is 0. The summed E-state index contributed by atoms with van der Waals surface area (Å²) in [5.41, 5.74) is 0.932. The van der Waals surface area contributed by atoms with Crippen molar-refractivity contribution >= 4 is 45.0 Å². The first-order chi connectivity index (χ1) is 14.4. The highest BCUT2D eigenvalue weighted by molar-refractivity contribution is 7.99. The third-order valence-electron chi connectivity index (χ3n) is 4.36. The first-order valence-corrected chi connectivity index (χ1v) is 12.0. The molecule has 0 saturated heterocycles. The molecule has 3 aromatic rings. The highest BCUT2D eigenvalue weighted by atomic mass is 35.5. The molecule has 5 nitrogen and oxygen atoms in total. The Morgan fingerprint density at radius 1 is 0.967 bits per heavy atom. The Bertz CT molecular complexity index is 1090. The smallest absolute Gasteiger partial charge is 0.264 e. The zero-order chi connectivity index (χ0) is 21.6. The van der Waals surface area contributed by atoms with Crippen LogP contribution in [0.25, 0.3) is 0 Å². The zero-order valence-electron chi connectivity index (χ0n) is 16.3. The van der Waals surface area contributed by atoms with E-state index in [1.54, 1.807) is 36.0 Å². The Kier molecular flexibility index (Phi) is 7.42. The molecule has 1 amide bonds. The van der Waals surface area contributed by atoms with Crippen LogP contribution in [0, 0.1) is 0 Å². The van der Waals surface area contributed by atoms with Gasteiger partial charge in [-0.2, -0.15) is 0 Å². The number of benzene rings is 3. The minimum atomic E-state index is -3.71. The van der Waals surface area contributed by atoms with Crippen molar-refractivity contribution in [2.24, 2.45) is 0 Å². The summed E-state index contributed by atoms with van der Waals surface area (Å²) in [5, 5.41) is 3.34. The summed E-state index contributed by atoms with van der Waals surface area (Å²) in [7, 11) is -2.24. The van der Waals surface area contributed by atoms with Gasteiger partial charge >= 0.3 is 0 Å². The Hall–Kier alpha value is -2.48. The van der Waals surface area contributed by atoms with Crippen LogP contribution < -0.4 is 9.62 Å². The lowest BCUT2D eigenvalue weighted by atomic mass is 10.2. The summed E-state index contributed by atoms with van der Waals surface area (Å²) >= 11 is 7.50. The number of hydrogen-bond donors (Lipinski definition) is 1. The van der Waals surface area contributed by atoms with Crippen molar-refractivity contribution in [2.45, 2.75) is 9.79 Å². The van der Waals surface area contributed by atoms with Crippen LogP contribution >= 0.6 is 23.4 Å². The molecule has 0 aromatic heterocycles. The molecule has 30 heavy (non-hydrogen) atoms. The van der Waals surface area contributed by atoms with Gasteiger partial charge in [-0.05, 0) is 60.7 Å². The van der Waals surface area contributed by atoms with Crippen molar-refractivity contribution in [3.8, 4) is 0 Å². The van der Waals surface area contributed by atoms with E-state index in [-0.39, 0.29) is 10.8 Å². The molecule has 0 aliphatic heterocycles. The predicted octanol–water partition coefficient (Wildman–Crippen LogP) is 4.69. The number of carbonyl (C=O) groups is 1. The number of carbonyl (C=O) groups excluding carboxylic acids is 1. The van der Waals surface area contributed by atoms with Crippen molar-refractivity contribution in [3.05, 3.63) is 89.4 Å². The van der Waals surface area contributed by atoms with Crippen LogP contribution in [0.5, 0.6) is 0 Å². The van der Waals surface area contributed by atoms with Gasteiger partial charge in [-0.3, -0.25) is 9.10 Å². The molecule has 156 valence electrons. The van der Waals surface area contributed by atoms with Crippen LogP contribution in [-0.4, -0.2) is 33.7 Å². The van der Waals surface area contributed by atoms with E-state index in [1.165, 1.54) is 35.6 Å². The molecule has 0 heterocycles. The standard InChI is InChI=1S/C22H21ClN2O3S2/c1-25(30(27,28)21-13-9-18(23)10-14-21)19-11-7-17(8-12-19)22(26)24-15-16-29-20-5-3-2-4-6-20/h2-14H,15-16H2,1H3,(H,24,26). The molecule has 0 aliphatic carbocycles. The van der Waals surface area contributed by atoms with Crippen LogP contribution in [0.2, 0.25) is 5.02 Å². The first kappa shape index (κ1) is 22.2. The van der Waals surface area contributed by atoms with E-state index in [9.17, 15) is 13.2 Å². The lowest BCUT2D eigenvalue weighted by Gasteiger charge is -2.19. The molecule has 0 unspecified atom stereocenters. The van der Waals surface area contributed by atoms with Crippen LogP contribution in [0.1, 0.15) is 10.4 Å². The zero-order valence-corrected chi connectivity index (χ0v) is 18.7. The van der Waals surface area contributed by atoms with Gasteiger partial charge in [-0.25, -0.2) is 8.42 Å². The fraction of sp³-hybridized carbons (Fsp3) is 0.136. The molecular weight excluding hydrogens is 440 g/mol. The van der Waals surface area contributed by atoms with E-state index in [0.717, 1.165) is 10.6 Å². The number of nitrogens with one attached hydrogen (secondary N) is 1. The molecule has 3 rings (SSSR count). The largest absolute Gasteiger partial charge is 0.351 e. The third kappa shape index (κ3) is 5.56. The van der Waals surface area contributed by atoms with Gasteiger partial charge in [0.05, 0.1) is 10.6 Å². The number of amides is 1. The average Bonchev–Trinajstić information content (AvgIpc) is 2.77. The van der Waals surface area contributed by atoms with E-state index >= 15 is 0 Å². The maximum absolute atomic E-state index is 12.8. The number of thioether (sulfide) groups is 1. The highest BCUT2D eigenvalue weighted by Gasteiger charge is 2.21. The summed E-state index contributed by atoms with van der Waals surface area (Å²) < 4.78 is 26.7. The third-order valence-corrected chi connectivity index (χ3v) is 7.43. The van der Waals surface area contributed by atoms with Crippen molar-refractivity contribution in [1.29, 1.82) is 0 Å². The van der Waals surface area contributed by atoms with Gasteiger partial charge in [0.25, 0.3) is 15.9 Å². The SMILES string of the molecule is CN(c1ccc(C(=O)NCCSc2ccccc2)cc1)S(=O)(=O)c1ccc(Cl)cc1. The van der Waals surface area contributed by atoms with Gasteiger partial charge < -0.3 is 5.32 Å². The Balaban J connectivity index is 1.58. The fourth-order valence-electron chi connectivity index (χ4n) is 2.68. The summed E-state index contributed by atoms with van der Waals surface area (Å²) in [6.45, 7) is 0.533. The highest BCUT2D eigenvalue weighted by Crippen LogP contribution is 2.23. The summed E-state index contributed by atoms with van der Waals surface area (Å²) in [5.74, 6) is 0.564. The molecule has 0 fully saturated rings. The van der Waals surface area contributed by atoms with Crippen molar-refractivity contribution in [2.75, 3.05) is 23.7 Å². The van der Waals surface area contributed by atoms with E-state index < -0.39 is 10.0 Å². The number of halogens is 1. The number of hydrogen-bond acceptors (Lipinski definition) is 4. The van der Waals surface area contributed by atoms with E-state index in [0.29, 0.717) is 22.8 Å². The predicted molar refractivity (Wildman–Crippen MR) is 123 cm³/mol. The maximum atomic E-state index is 12.8. The van der Waals surface area contributed by atoms with Gasteiger partial charge in [0.1, 0.15) is 0 Å². The minimum Gasteiger partial charge on any atom is -0.351 e. The second-order valence-corrected chi connectivity index (χ2v) is 9.96. The quantitative estimate of drug-likeness (QED) is 0.391. The van der Waals surface area contributed by atoms with Gasteiger partial charge in [0.2, 0.25) is 0 Å². The monoisotopic (exact) mass is 460 g/mol. The van der Waals surface area contributed by atoms with Crippen LogP contribution in [0.3, 0.4) is 0 Å². The molecule has 0 spiro atoms. The van der Waals surface area contributed by atoms with E-state index in [1.807, 2.05) is 30.3 Å². The van der Waals surface area contributed by atoms with Gasteiger partial charge in [-0.1, -0.05) is 29.8 Å². The number of sulfonamides is 1. The average molecular weight is 461 g/mol. The molecule has 0 bridgehead atoms. The Morgan fingerprint density at radius 3 is 2.23 bits per heavy atom. The molecule has 1 N–H and O–H groups in total. The summed E-state index contributed by atoms with van der Waals surface area (Å²) in [6, 6.07) is 22.4. The molecule has 0 saturated carbocycles. The van der Waals surface area contributed by atoms with Crippen molar-refractivity contribution in [3.63, 3.8) is 0 Å². The fourth-order valence-corrected chi connectivity index (χ4v) is 4.79. The molecule has 0 atom stereocenters. The topological polar surface area (TPSA) is 66.5 Å². The van der Waals surface area contributed by atoms with Crippen molar-refractivity contribution in [1.82, 2.24) is 5.32 Å². The van der Waals surface area contributed by atoms with Crippen LogP contribution in [0.15, 0.2) is 88.7 Å². The van der Waals surface area contributed by atoms with E-state index in [2.05, 4.69) is 5.32 Å². The van der Waals surface area contributed by atoms with Crippen molar-refractivity contribution < 1.29 is 13.2 Å². The van der Waals surface area contributed by atoms with E-state index in [4.69, 9.17) is 11.6 Å². The van der Waals surface area contributed by atoms with Gasteiger partial charge in [0.15, 0.2) is 0 Å².